The van der Waals surface area contributed by atoms with Crippen molar-refractivity contribution in [1.29, 1.82) is 5.26 Å². The highest BCUT2D eigenvalue weighted by Gasteiger charge is 2.16. The van der Waals surface area contributed by atoms with Crippen LogP contribution in [0.1, 0.15) is 5.56 Å². The first kappa shape index (κ1) is 18.5. The van der Waals surface area contributed by atoms with Gasteiger partial charge < -0.3 is 11.2 Å². The number of nitriles is 1. The monoisotopic (exact) mass is 424 g/mol. The molecule has 3 rings (SSSR count). The van der Waals surface area contributed by atoms with Gasteiger partial charge in [0.15, 0.2) is 5.82 Å². The molecule has 1 amide bonds. The summed E-state index contributed by atoms with van der Waals surface area (Å²) in [6.45, 7) is 0. The van der Waals surface area contributed by atoms with Gasteiger partial charge in [-0.3, -0.25) is 4.79 Å². The third-order valence-electron chi connectivity index (χ3n) is 3.21. The molecule has 0 saturated carbocycles. The fraction of sp³-hybridized carbons (Fsp3) is 0.0667. The van der Waals surface area contributed by atoms with Gasteiger partial charge in [-0.25, -0.2) is 4.68 Å². The molecule has 2 aromatic heterocycles. The summed E-state index contributed by atoms with van der Waals surface area (Å²) in [5, 5.41) is 23.2. The molecule has 0 saturated heterocycles. The molecule has 0 aliphatic rings. The Balaban J connectivity index is 1.69. The van der Waals surface area contributed by atoms with Crippen molar-refractivity contribution in [3.8, 4) is 17.5 Å². The van der Waals surface area contributed by atoms with Crippen LogP contribution in [0.4, 0.5) is 5.00 Å². The van der Waals surface area contributed by atoms with E-state index < -0.39 is 0 Å². The second-order valence-electron chi connectivity index (χ2n) is 4.91. The van der Waals surface area contributed by atoms with E-state index in [9.17, 15) is 4.79 Å². The molecule has 0 atom stereocenters. The SMILES string of the molecule is N#Cc1ccsc1NC(=O)CSc1nnc(-c2ccc(Cl)cc2Cl)n1N. The van der Waals surface area contributed by atoms with Crippen molar-refractivity contribution >= 4 is 57.2 Å². The van der Waals surface area contributed by atoms with Crippen molar-refractivity contribution in [3.05, 3.63) is 45.3 Å². The van der Waals surface area contributed by atoms with Crippen molar-refractivity contribution < 1.29 is 4.79 Å². The van der Waals surface area contributed by atoms with Gasteiger partial charge in [0.05, 0.1) is 16.3 Å². The van der Waals surface area contributed by atoms with Crippen LogP contribution in [0.2, 0.25) is 10.0 Å². The fourth-order valence-corrected chi connectivity index (χ4v) is 3.92. The predicted octanol–water partition coefficient (Wildman–Crippen LogP) is 3.63. The van der Waals surface area contributed by atoms with Gasteiger partial charge in [-0.15, -0.1) is 21.5 Å². The molecule has 0 aliphatic heterocycles. The molecular weight excluding hydrogens is 415 g/mol. The number of aromatic nitrogens is 3. The minimum absolute atomic E-state index is 0.0620. The van der Waals surface area contributed by atoms with E-state index in [1.165, 1.54) is 16.0 Å². The van der Waals surface area contributed by atoms with Crippen LogP contribution in [-0.4, -0.2) is 26.5 Å². The molecule has 0 radical (unpaired) electrons. The van der Waals surface area contributed by atoms with Crippen LogP contribution in [0.3, 0.4) is 0 Å². The molecule has 132 valence electrons. The summed E-state index contributed by atoms with van der Waals surface area (Å²) in [5.41, 5.74) is 1.01. The number of nitrogen functional groups attached to an aromatic ring is 1. The fourth-order valence-electron chi connectivity index (χ4n) is 2.02. The zero-order chi connectivity index (χ0) is 18.7. The highest BCUT2D eigenvalue weighted by molar-refractivity contribution is 7.99. The number of hydrogen-bond acceptors (Lipinski definition) is 7. The second kappa shape index (κ2) is 7.97. The maximum Gasteiger partial charge on any atom is 0.235 e. The zero-order valence-corrected chi connectivity index (χ0v) is 16.1. The molecule has 7 nitrogen and oxygen atoms in total. The maximum atomic E-state index is 12.1. The van der Waals surface area contributed by atoms with E-state index in [1.54, 1.807) is 29.6 Å². The first-order chi connectivity index (χ1) is 12.5. The van der Waals surface area contributed by atoms with Crippen LogP contribution in [-0.2, 0) is 4.79 Å². The molecule has 26 heavy (non-hydrogen) atoms. The lowest BCUT2D eigenvalue weighted by Crippen LogP contribution is -2.16. The maximum absolute atomic E-state index is 12.1. The summed E-state index contributed by atoms with van der Waals surface area (Å²) < 4.78 is 1.26. The van der Waals surface area contributed by atoms with Crippen LogP contribution < -0.4 is 11.2 Å². The molecular formula is C15H10Cl2N6OS2. The lowest BCUT2D eigenvalue weighted by Gasteiger charge is -2.06. The number of amides is 1. The summed E-state index contributed by atoms with van der Waals surface area (Å²) in [7, 11) is 0. The van der Waals surface area contributed by atoms with E-state index in [0.717, 1.165) is 11.8 Å². The number of benzene rings is 1. The van der Waals surface area contributed by atoms with Gasteiger partial charge in [0.25, 0.3) is 0 Å². The molecule has 0 aliphatic carbocycles. The standard InChI is InChI=1S/C15H10Cl2N6OS2/c16-9-1-2-10(11(17)5-9)13-21-22-15(23(13)19)26-7-12(24)20-14-8(6-18)3-4-25-14/h1-5H,7,19H2,(H,20,24). The number of hydrogen-bond donors (Lipinski definition) is 2. The number of rotatable bonds is 5. The summed E-state index contributed by atoms with van der Waals surface area (Å²) in [6.07, 6.45) is 0. The van der Waals surface area contributed by atoms with E-state index in [2.05, 4.69) is 15.5 Å². The number of nitrogens with one attached hydrogen (secondary N) is 1. The predicted molar refractivity (Wildman–Crippen MR) is 104 cm³/mol. The van der Waals surface area contributed by atoms with Crippen molar-refractivity contribution in [2.75, 3.05) is 16.9 Å². The van der Waals surface area contributed by atoms with Gasteiger partial charge in [0.1, 0.15) is 11.1 Å². The number of thioether (sulfide) groups is 1. The Morgan fingerprint density at radius 3 is 2.92 bits per heavy atom. The molecule has 1 aromatic carbocycles. The zero-order valence-electron chi connectivity index (χ0n) is 12.9. The Kier molecular flexibility index (Phi) is 5.68. The Bertz CT molecular complexity index is 1010. The number of halogens is 2. The average Bonchev–Trinajstić information content (AvgIpc) is 3.20. The van der Waals surface area contributed by atoms with Gasteiger partial charge in [-0.1, -0.05) is 35.0 Å². The summed E-state index contributed by atoms with van der Waals surface area (Å²) >= 11 is 14.5. The van der Waals surface area contributed by atoms with Crippen LogP contribution in [0.5, 0.6) is 0 Å². The molecule has 0 spiro atoms. The number of carbonyl (C=O) groups is 1. The molecule has 3 N–H and O–H groups in total. The summed E-state index contributed by atoms with van der Waals surface area (Å²) in [5.74, 6) is 6.16. The summed E-state index contributed by atoms with van der Waals surface area (Å²) in [4.78, 5) is 12.1. The van der Waals surface area contributed by atoms with E-state index in [1.807, 2.05) is 6.07 Å². The van der Waals surface area contributed by atoms with Crippen LogP contribution in [0.25, 0.3) is 11.4 Å². The number of thiophene rings is 1. The normalized spacial score (nSPS) is 10.5. The quantitative estimate of drug-likeness (QED) is 0.477. The van der Waals surface area contributed by atoms with Crippen molar-refractivity contribution in [2.45, 2.75) is 5.16 Å². The molecule has 11 heteroatoms. The highest BCUT2D eigenvalue weighted by Crippen LogP contribution is 2.30. The molecule has 0 fully saturated rings. The lowest BCUT2D eigenvalue weighted by atomic mass is 10.2. The largest absolute Gasteiger partial charge is 0.335 e. The Morgan fingerprint density at radius 1 is 1.38 bits per heavy atom. The van der Waals surface area contributed by atoms with E-state index in [-0.39, 0.29) is 11.7 Å². The minimum atomic E-state index is -0.275. The Morgan fingerprint density at radius 2 is 2.19 bits per heavy atom. The molecule has 0 unspecified atom stereocenters. The minimum Gasteiger partial charge on any atom is -0.335 e. The van der Waals surface area contributed by atoms with Gasteiger partial charge in [-0.2, -0.15) is 5.26 Å². The third kappa shape index (κ3) is 3.94. The topological polar surface area (TPSA) is 110 Å². The van der Waals surface area contributed by atoms with Crippen LogP contribution in [0, 0.1) is 11.3 Å². The Hall–Kier alpha value is -2.25. The van der Waals surface area contributed by atoms with Gasteiger partial charge in [0.2, 0.25) is 11.1 Å². The lowest BCUT2D eigenvalue weighted by molar-refractivity contribution is -0.113. The number of nitrogens with zero attached hydrogens (tertiary/aromatic N) is 4. The van der Waals surface area contributed by atoms with Crippen molar-refractivity contribution in [2.24, 2.45) is 0 Å². The first-order valence-corrected chi connectivity index (χ1v) is 9.68. The number of nitrogens with two attached hydrogens (primary N) is 1. The second-order valence-corrected chi connectivity index (χ2v) is 7.61. The van der Waals surface area contributed by atoms with Crippen molar-refractivity contribution in [3.63, 3.8) is 0 Å². The van der Waals surface area contributed by atoms with Gasteiger partial charge in [-0.05, 0) is 29.6 Å². The molecule has 0 bridgehead atoms. The average molecular weight is 425 g/mol. The van der Waals surface area contributed by atoms with Crippen LogP contribution >= 0.6 is 46.3 Å². The highest BCUT2D eigenvalue weighted by atomic mass is 35.5. The van der Waals surface area contributed by atoms with E-state index in [4.69, 9.17) is 34.3 Å². The number of anilines is 1. The van der Waals surface area contributed by atoms with E-state index in [0.29, 0.717) is 37.2 Å². The van der Waals surface area contributed by atoms with Crippen LogP contribution in [0.15, 0.2) is 34.8 Å². The third-order valence-corrected chi connectivity index (χ3v) is 5.53. The molecule has 3 aromatic rings. The van der Waals surface area contributed by atoms with Gasteiger partial charge >= 0.3 is 0 Å². The van der Waals surface area contributed by atoms with Crippen molar-refractivity contribution in [1.82, 2.24) is 14.9 Å². The Labute approximate surface area is 166 Å². The first-order valence-electron chi connectivity index (χ1n) is 7.05. The molecule has 2 heterocycles. The smallest absolute Gasteiger partial charge is 0.235 e. The van der Waals surface area contributed by atoms with Gasteiger partial charge in [0, 0.05) is 10.6 Å². The summed E-state index contributed by atoms with van der Waals surface area (Å²) in [6, 6.07) is 8.61. The van der Waals surface area contributed by atoms with E-state index >= 15 is 0 Å². The number of carbonyl (C=O) groups excluding carboxylic acids is 1.